The highest BCUT2D eigenvalue weighted by atomic mass is 16.7. The van der Waals surface area contributed by atoms with E-state index < -0.39 is 46.3 Å². The van der Waals surface area contributed by atoms with Crippen molar-refractivity contribution in [1.29, 1.82) is 0 Å². The maximum absolute atomic E-state index is 13.6. The fourth-order valence-corrected chi connectivity index (χ4v) is 7.12. The van der Waals surface area contributed by atoms with E-state index in [1.807, 2.05) is 65.5 Å². The summed E-state index contributed by atoms with van der Waals surface area (Å²) in [5.74, 6) is -1.90. The van der Waals surface area contributed by atoms with Crippen molar-refractivity contribution < 1.29 is 47.8 Å². The molecule has 258 valence electrons. The Balaban J connectivity index is 1.67. The molecule has 0 aromatic heterocycles. The van der Waals surface area contributed by atoms with Crippen molar-refractivity contribution >= 4 is 23.9 Å². The number of hydrogen-bond acceptors (Lipinski definition) is 12. The smallest absolute Gasteiger partial charge is 0.339 e. The van der Waals surface area contributed by atoms with E-state index in [1.165, 1.54) is 14.2 Å². The first-order chi connectivity index (χ1) is 21.3. The lowest BCUT2D eigenvalue weighted by Gasteiger charge is -2.53. The highest BCUT2D eigenvalue weighted by Crippen LogP contribution is 2.41. The number of rotatable bonds is 12. The molecular formula is C34H52N2O10. The Morgan fingerprint density at radius 1 is 0.609 bits per heavy atom. The molecule has 0 unspecified atom stereocenters. The quantitative estimate of drug-likeness (QED) is 0.223. The monoisotopic (exact) mass is 648 g/mol. The fourth-order valence-electron chi connectivity index (χ4n) is 7.12. The number of hydroxylamine groups is 4. The second-order valence-corrected chi connectivity index (χ2v) is 14.6. The predicted molar refractivity (Wildman–Crippen MR) is 168 cm³/mol. The van der Waals surface area contributed by atoms with Crippen LogP contribution >= 0.6 is 0 Å². The maximum Gasteiger partial charge on any atom is 0.339 e. The molecule has 0 saturated carbocycles. The van der Waals surface area contributed by atoms with Gasteiger partial charge in [-0.05, 0) is 67.5 Å². The number of carbonyl (C=O) groups excluding carboxylic acids is 4. The number of esters is 4. The molecular weight excluding hydrogens is 596 g/mol. The van der Waals surface area contributed by atoms with E-state index in [1.54, 1.807) is 24.3 Å². The van der Waals surface area contributed by atoms with Gasteiger partial charge in [-0.25, -0.2) is 9.59 Å². The van der Waals surface area contributed by atoms with Gasteiger partial charge in [-0.15, -0.1) is 0 Å². The average Bonchev–Trinajstić information content (AvgIpc) is 2.94. The molecule has 1 aromatic carbocycles. The summed E-state index contributed by atoms with van der Waals surface area (Å²) in [6.45, 7) is 16.3. The van der Waals surface area contributed by atoms with Crippen LogP contribution in [0.1, 0.15) is 115 Å². The molecule has 2 saturated heterocycles. The molecule has 46 heavy (non-hydrogen) atoms. The summed E-state index contributed by atoms with van der Waals surface area (Å²) < 4.78 is 21.5. The summed E-state index contributed by atoms with van der Waals surface area (Å²) in [4.78, 5) is 62.3. The molecule has 0 atom stereocenters. The van der Waals surface area contributed by atoms with Crippen molar-refractivity contribution in [3.8, 4) is 0 Å². The summed E-state index contributed by atoms with van der Waals surface area (Å²) in [5, 5.41) is 3.74. The summed E-state index contributed by atoms with van der Waals surface area (Å²) in [6.07, 6.45) is 1.32. The van der Waals surface area contributed by atoms with Crippen LogP contribution in [0.4, 0.5) is 0 Å². The number of methoxy groups -OCH3 is 2. The second kappa shape index (κ2) is 14.8. The molecule has 0 N–H and O–H groups in total. The van der Waals surface area contributed by atoms with Crippen LogP contribution in [0.15, 0.2) is 24.3 Å². The number of hydrogen-bond donors (Lipinski definition) is 0. The standard InChI is InChI=1S/C34H52N2O10/c1-31(2)19-23(20-32(3,4)35(31)43-17-15-27(37)41-9)45-29(39)25-13-11-12-14-26(25)30(40)46-24-21-33(5,6)36(34(7,8)22-24)44-18-16-28(38)42-10/h11-14,23-24H,15-22H2,1-10H3. The first-order valence-corrected chi connectivity index (χ1v) is 15.8. The molecule has 0 aliphatic carbocycles. The Bertz CT molecular complexity index is 1130. The van der Waals surface area contributed by atoms with Crippen molar-refractivity contribution in [3.05, 3.63) is 35.4 Å². The van der Waals surface area contributed by atoms with Crippen LogP contribution in [-0.4, -0.2) is 95.8 Å². The third-order valence-corrected chi connectivity index (χ3v) is 8.53. The highest BCUT2D eigenvalue weighted by Gasteiger charge is 2.49. The topological polar surface area (TPSA) is 130 Å². The Morgan fingerprint density at radius 2 is 0.913 bits per heavy atom. The molecule has 12 heteroatoms. The van der Waals surface area contributed by atoms with Gasteiger partial charge in [0.1, 0.15) is 12.2 Å². The zero-order valence-electron chi connectivity index (χ0n) is 29.1. The van der Waals surface area contributed by atoms with E-state index in [-0.39, 0.29) is 49.1 Å². The van der Waals surface area contributed by atoms with Gasteiger partial charge >= 0.3 is 23.9 Å². The molecule has 1 aromatic rings. The van der Waals surface area contributed by atoms with Gasteiger partial charge in [-0.2, -0.15) is 10.1 Å². The van der Waals surface area contributed by atoms with Crippen molar-refractivity contribution in [1.82, 2.24) is 10.1 Å². The van der Waals surface area contributed by atoms with E-state index in [9.17, 15) is 19.2 Å². The van der Waals surface area contributed by atoms with Gasteiger partial charge in [0, 0.05) is 47.8 Å². The Kier molecular flexibility index (Phi) is 12.0. The van der Waals surface area contributed by atoms with Crippen LogP contribution in [0.3, 0.4) is 0 Å². The molecule has 0 radical (unpaired) electrons. The number of ether oxygens (including phenoxy) is 4. The summed E-state index contributed by atoms with van der Waals surface area (Å²) in [7, 11) is 2.68. The number of carbonyl (C=O) groups is 4. The third-order valence-electron chi connectivity index (χ3n) is 8.53. The van der Waals surface area contributed by atoms with Crippen molar-refractivity contribution in [2.75, 3.05) is 27.4 Å². The minimum absolute atomic E-state index is 0.128. The predicted octanol–water partition coefficient (Wildman–Crippen LogP) is 5.03. The molecule has 0 bridgehead atoms. The van der Waals surface area contributed by atoms with E-state index in [0.29, 0.717) is 25.7 Å². The molecule has 12 nitrogen and oxygen atoms in total. The van der Waals surface area contributed by atoms with Crippen molar-refractivity contribution in [2.45, 2.75) is 128 Å². The van der Waals surface area contributed by atoms with Crippen molar-refractivity contribution in [3.63, 3.8) is 0 Å². The minimum atomic E-state index is -0.598. The second-order valence-electron chi connectivity index (χ2n) is 14.6. The van der Waals surface area contributed by atoms with E-state index in [0.717, 1.165) is 0 Å². The molecule has 2 aliphatic rings. The summed E-state index contributed by atoms with van der Waals surface area (Å²) in [5.41, 5.74) is -1.78. The lowest BCUT2D eigenvalue weighted by molar-refractivity contribution is -0.292. The number of piperidine rings is 2. The Hall–Kier alpha value is -3.06. The third kappa shape index (κ3) is 9.27. The average molecular weight is 649 g/mol. The van der Waals surface area contributed by atoms with Gasteiger partial charge in [-0.3, -0.25) is 19.3 Å². The zero-order chi connectivity index (χ0) is 34.5. The SMILES string of the molecule is COC(=O)CCON1C(C)(C)CC(OC(=O)c2ccccc2C(=O)OC2CC(C)(C)N(OCCC(=O)OC)C(C)(C)C2)CC1(C)C. The van der Waals surface area contributed by atoms with Gasteiger partial charge in [0.05, 0.1) is 51.4 Å². The Morgan fingerprint density at radius 3 is 1.20 bits per heavy atom. The molecule has 3 rings (SSSR count). The normalized spacial score (nSPS) is 21.3. The van der Waals surface area contributed by atoms with Crippen LogP contribution in [-0.2, 0) is 38.2 Å². The summed E-state index contributed by atoms with van der Waals surface area (Å²) in [6, 6.07) is 6.53. The molecule has 0 spiro atoms. The molecule has 0 amide bonds. The van der Waals surface area contributed by atoms with E-state index >= 15 is 0 Å². The summed E-state index contributed by atoms with van der Waals surface area (Å²) >= 11 is 0. The number of nitrogens with zero attached hydrogens (tertiary/aromatic N) is 2. The van der Waals surface area contributed by atoms with Crippen LogP contribution in [0.25, 0.3) is 0 Å². The Labute approximate surface area is 272 Å². The van der Waals surface area contributed by atoms with Crippen molar-refractivity contribution in [2.24, 2.45) is 0 Å². The van der Waals surface area contributed by atoms with Crippen LogP contribution in [0.2, 0.25) is 0 Å². The zero-order valence-corrected chi connectivity index (χ0v) is 29.1. The largest absolute Gasteiger partial charge is 0.469 e. The van der Waals surface area contributed by atoms with Crippen LogP contribution in [0, 0.1) is 0 Å². The van der Waals surface area contributed by atoms with Crippen LogP contribution < -0.4 is 0 Å². The van der Waals surface area contributed by atoms with Gasteiger partial charge < -0.3 is 18.9 Å². The van der Waals surface area contributed by atoms with Crippen LogP contribution in [0.5, 0.6) is 0 Å². The lowest BCUT2D eigenvalue weighted by atomic mass is 9.80. The fraction of sp³-hybridized carbons (Fsp3) is 0.706. The molecule has 2 heterocycles. The minimum Gasteiger partial charge on any atom is -0.469 e. The van der Waals surface area contributed by atoms with Gasteiger partial charge in [0.2, 0.25) is 0 Å². The number of benzene rings is 1. The lowest BCUT2D eigenvalue weighted by Crippen LogP contribution is -2.62. The van der Waals surface area contributed by atoms with E-state index in [2.05, 4.69) is 0 Å². The van der Waals surface area contributed by atoms with E-state index in [4.69, 9.17) is 28.6 Å². The van der Waals surface area contributed by atoms with Gasteiger partial charge in [0.15, 0.2) is 0 Å². The molecule has 2 aliphatic heterocycles. The van der Waals surface area contributed by atoms with Gasteiger partial charge in [0.25, 0.3) is 0 Å². The first-order valence-electron chi connectivity index (χ1n) is 15.8. The molecule has 2 fully saturated rings. The first kappa shape index (κ1) is 37.4. The highest BCUT2D eigenvalue weighted by molar-refractivity contribution is 6.03. The maximum atomic E-state index is 13.6. The van der Waals surface area contributed by atoms with Gasteiger partial charge in [-0.1, -0.05) is 12.1 Å².